The largest absolute Gasteiger partial charge is 0.317 e. The van der Waals surface area contributed by atoms with Crippen LogP contribution in [0.15, 0.2) is 38.9 Å². The molecular weight excluding hydrogens is 292 g/mol. The molecule has 0 saturated heterocycles. The minimum absolute atomic E-state index is 0.924. The molecule has 5 heteroatoms. The highest BCUT2D eigenvalue weighted by molar-refractivity contribution is 8.30. The van der Waals surface area contributed by atoms with Crippen molar-refractivity contribution in [3.63, 3.8) is 0 Å². The van der Waals surface area contributed by atoms with Crippen LogP contribution < -0.4 is 0 Å². The van der Waals surface area contributed by atoms with Gasteiger partial charge in [-0.15, -0.1) is 23.1 Å². The van der Waals surface area contributed by atoms with Crippen LogP contribution in [-0.4, -0.2) is 29.4 Å². The standard InChI is InChI=1S/C14H12N2S3/c1-17-13-12(16-7-6-15-14(16)19-13)10-3-2-4-11-9(10)5-8-18-11/h2-5,8H,6-7H2,1H3. The Morgan fingerprint density at radius 2 is 2.26 bits per heavy atom. The second-order valence-corrected chi connectivity index (χ2v) is 7.40. The minimum Gasteiger partial charge on any atom is -0.317 e. The number of thiophene rings is 1. The molecule has 4 rings (SSSR count). The van der Waals surface area contributed by atoms with Crippen LogP contribution in [0, 0.1) is 0 Å². The Labute approximate surface area is 124 Å². The van der Waals surface area contributed by atoms with E-state index in [9.17, 15) is 0 Å². The van der Waals surface area contributed by atoms with Crippen LogP contribution in [0.4, 0.5) is 0 Å². The van der Waals surface area contributed by atoms with Gasteiger partial charge in [0.2, 0.25) is 0 Å². The lowest BCUT2D eigenvalue weighted by Gasteiger charge is -2.17. The molecule has 0 aliphatic carbocycles. The van der Waals surface area contributed by atoms with Crippen molar-refractivity contribution in [3.8, 4) is 0 Å². The van der Waals surface area contributed by atoms with Crippen LogP contribution in [0.1, 0.15) is 5.56 Å². The average molecular weight is 304 g/mol. The number of nitrogens with zero attached hydrogens (tertiary/aromatic N) is 2. The number of thioether (sulfide) groups is 2. The fourth-order valence-corrected chi connectivity index (χ4v) is 5.27. The Balaban J connectivity index is 1.95. The lowest BCUT2D eigenvalue weighted by molar-refractivity contribution is 0.650. The van der Waals surface area contributed by atoms with E-state index >= 15 is 0 Å². The van der Waals surface area contributed by atoms with Crippen molar-refractivity contribution < 1.29 is 0 Å². The fourth-order valence-electron chi connectivity index (χ4n) is 2.56. The zero-order chi connectivity index (χ0) is 12.8. The molecule has 0 bridgehead atoms. The maximum absolute atomic E-state index is 4.59. The van der Waals surface area contributed by atoms with E-state index in [1.54, 1.807) is 0 Å². The first-order valence-electron chi connectivity index (χ1n) is 6.13. The zero-order valence-electron chi connectivity index (χ0n) is 10.4. The highest BCUT2D eigenvalue weighted by atomic mass is 32.2. The molecule has 2 nitrogen and oxygen atoms in total. The molecule has 96 valence electrons. The van der Waals surface area contributed by atoms with E-state index in [1.165, 1.54) is 30.8 Å². The summed E-state index contributed by atoms with van der Waals surface area (Å²) in [5, 5.41) is 4.71. The van der Waals surface area contributed by atoms with Crippen LogP contribution in [0.3, 0.4) is 0 Å². The van der Waals surface area contributed by atoms with Gasteiger partial charge in [0, 0.05) is 22.2 Å². The van der Waals surface area contributed by atoms with Crippen molar-refractivity contribution in [2.75, 3.05) is 19.3 Å². The molecule has 1 aromatic heterocycles. The van der Waals surface area contributed by atoms with Crippen molar-refractivity contribution in [3.05, 3.63) is 39.4 Å². The van der Waals surface area contributed by atoms with E-state index in [1.807, 2.05) is 34.9 Å². The molecule has 0 radical (unpaired) electrons. The summed E-state index contributed by atoms with van der Waals surface area (Å²) in [5.41, 5.74) is 2.71. The summed E-state index contributed by atoms with van der Waals surface area (Å²) in [6.45, 7) is 1.94. The first-order chi connectivity index (χ1) is 9.38. The van der Waals surface area contributed by atoms with Gasteiger partial charge < -0.3 is 4.90 Å². The molecule has 0 spiro atoms. The third-order valence-corrected chi connectivity index (χ3v) is 6.49. The maximum atomic E-state index is 4.59. The van der Waals surface area contributed by atoms with Crippen molar-refractivity contribution >= 4 is 55.8 Å². The van der Waals surface area contributed by atoms with Crippen LogP contribution in [0.2, 0.25) is 0 Å². The molecule has 2 aromatic rings. The molecule has 3 heterocycles. The molecular formula is C14H12N2S3. The summed E-state index contributed by atoms with van der Waals surface area (Å²) in [5.74, 6) is 0. The van der Waals surface area contributed by atoms with Crippen LogP contribution in [0.5, 0.6) is 0 Å². The van der Waals surface area contributed by atoms with Crippen molar-refractivity contribution in [1.29, 1.82) is 0 Å². The van der Waals surface area contributed by atoms with Crippen LogP contribution in [0.25, 0.3) is 15.8 Å². The molecule has 0 N–H and O–H groups in total. The molecule has 1 aromatic carbocycles. The van der Waals surface area contributed by atoms with Crippen molar-refractivity contribution in [2.45, 2.75) is 0 Å². The molecule has 0 unspecified atom stereocenters. The van der Waals surface area contributed by atoms with Gasteiger partial charge in [-0.3, -0.25) is 4.99 Å². The Morgan fingerprint density at radius 1 is 1.32 bits per heavy atom. The van der Waals surface area contributed by atoms with Crippen molar-refractivity contribution in [2.24, 2.45) is 4.99 Å². The monoisotopic (exact) mass is 304 g/mol. The smallest absolute Gasteiger partial charge is 0.169 e. The van der Waals surface area contributed by atoms with Crippen LogP contribution in [-0.2, 0) is 0 Å². The summed E-state index contributed by atoms with van der Waals surface area (Å²) in [7, 11) is 0. The third-order valence-electron chi connectivity index (χ3n) is 3.39. The number of fused-ring (bicyclic) bond motifs is 2. The Morgan fingerprint density at radius 3 is 3.16 bits per heavy atom. The van der Waals surface area contributed by atoms with Gasteiger partial charge in [0.15, 0.2) is 5.17 Å². The van der Waals surface area contributed by atoms with Crippen LogP contribution >= 0.6 is 34.9 Å². The first-order valence-corrected chi connectivity index (χ1v) is 9.05. The van der Waals surface area contributed by atoms with E-state index in [4.69, 9.17) is 0 Å². The number of hydrogen-bond acceptors (Lipinski definition) is 5. The number of benzene rings is 1. The number of hydrogen-bond donors (Lipinski definition) is 0. The Bertz CT molecular complexity index is 714. The SMILES string of the molecule is CSC1=C(c2cccc3sccc23)N2CCN=C2S1. The summed E-state index contributed by atoms with van der Waals surface area (Å²) in [6.07, 6.45) is 2.15. The number of aliphatic imine (C=N–C) groups is 1. The van der Waals surface area contributed by atoms with Gasteiger partial charge in [-0.05, 0) is 35.5 Å². The highest BCUT2D eigenvalue weighted by Crippen LogP contribution is 2.47. The average Bonchev–Trinajstić information content (AvgIpc) is 3.12. The predicted molar refractivity (Wildman–Crippen MR) is 88.9 cm³/mol. The van der Waals surface area contributed by atoms with E-state index in [0.717, 1.165) is 13.1 Å². The second-order valence-electron chi connectivity index (χ2n) is 4.40. The first kappa shape index (κ1) is 11.9. The number of rotatable bonds is 2. The highest BCUT2D eigenvalue weighted by Gasteiger charge is 2.33. The normalized spacial score (nSPS) is 18.4. The van der Waals surface area contributed by atoms with Gasteiger partial charge in [-0.1, -0.05) is 12.1 Å². The summed E-state index contributed by atoms with van der Waals surface area (Å²) in [6, 6.07) is 8.83. The number of amidine groups is 1. The summed E-state index contributed by atoms with van der Waals surface area (Å²) in [4.78, 5) is 6.97. The van der Waals surface area contributed by atoms with E-state index in [2.05, 4.69) is 45.8 Å². The molecule has 0 atom stereocenters. The van der Waals surface area contributed by atoms with E-state index in [-0.39, 0.29) is 0 Å². The van der Waals surface area contributed by atoms with Crippen molar-refractivity contribution in [1.82, 2.24) is 4.90 Å². The zero-order valence-corrected chi connectivity index (χ0v) is 12.9. The molecule has 0 fully saturated rings. The quantitative estimate of drug-likeness (QED) is 0.822. The molecule has 2 aliphatic heterocycles. The maximum Gasteiger partial charge on any atom is 0.169 e. The lowest BCUT2D eigenvalue weighted by Crippen LogP contribution is -2.20. The van der Waals surface area contributed by atoms with E-state index in [0.29, 0.717) is 0 Å². The predicted octanol–water partition coefficient (Wildman–Crippen LogP) is 4.31. The van der Waals surface area contributed by atoms with Gasteiger partial charge >= 0.3 is 0 Å². The Kier molecular flexibility index (Phi) is 2.86. The van der Waals surface area contributed by atoms with Gasteiger partial charge in [0.1, 0.15) is 0 Å². The molecule has 2 aliphatic rings. The summed E-state index contributed by atoms with van der Waals surface area (Å²) < 4.78 is 2.73. The summed E-state index contributed by atoms with van der Waals surface area (Å²) >= 11 is 5.45. The third kappa shape index (κ3) is 1.75. The van der Waals surface area contributed by atoms with Gasteiger partial charge in [-0.25, -0.2) is 0 Å². The van der Waals surface area contributed by atoms with Gasteiger partial charge in [0.05, 0.1) is 16.5 Å². The Hall–Kier alpha value is -0.910. The molecule has 19 heavy (non-hydrogen) atoms. The lowest BCUT2D eigenvalue weighted by atomic mass is 10.1. The minimum atomic E-state index is 0.924. The van der Waals surface area contributed by atoms with E-state index < -0.39 is 0 Å². The fraction of sp³-hybridized carbons (Fsp3) is 0.214. The molecule has 0 saturated carbocycles. The topological polar surface area (TPSA) is 15.6 Å². The molecule has 0 amide bonds. The van der Waals surface area contributed by atoms with Gasteiger partial charge in [-0.2, -0.15) is 0 Å². The van der Waals surface area contributed by atoms with Gasteiger partial charge in [0.25, 0.3) is 0 Å². The second kappa shape index (κ2) is 4.58.